The minimum Gasteiger partial charge on any atom is -0.376 e. The summed E-state index contributed by atoms with van der Waals surface area (Å²) >= 11 is 0. The lowest BCUT2D eigenvalue weighted by molar-refractivity contribution is -0.124. The van der Waals surface area contributed by atoms with E-state index in [0.29, 0.717) is 19.1 Å². The molecular weight excluding hydrogens is 383 g/mol. The Balaban J connectivity index is 1.90. The predicted octanol–water partition coefficient (Wildman–Crippen LogP) is 2.84. The summed E-state index contributed by atoms with van der Waals surface area (Å²) in [6.07, 6.45) is 4.80. The summed E-state index contributed by atoms with van der Waals surface area (Å²) in [4.78, 5) is 12.0. The predicted molar refractivity (Wildman–Crippen MR) is 106 cm³/mol. The van der Waals surface area contributed by atoms with Gasteiger partial charge in [-0.25, -0.2) is 12.8 Å². The van der Waals surface area contributed by atoms with Crippen molar-refractivity contribution >= 4 is 15.9 Å². The molecule has 2 unspecified atom stereocenters. The number of hydrogen-bond acceptors (Lipinski definition) is 4. The average molecular weight is 415 g/mol. The molecular formula is C20H31FN2O4S. The largest absolute Gasteiger partial charge is 0.376 e. The Labute approximate surface area is 167 Å². The lowest BCUT2D eigenvalue weighted by atomic mass is 9.88. The van der Waals surface area contributed by atoms with E-state index in [-0.39, 0.29) is 12.0 Å². The normalized spacial score (nSPS) is 21.5. The van der Waals surface area contributed by atoms with Gasteiger partial charge in [0, 0.05) is 6.54 Å². The number of ether oxygens (including phenoxy) is 1. The molecule has 1 fully saturated rings. The topological polar surface area (TPSA) is 84.5 Å². The van der Waals surface area contributed by atoms with Gasteiger partial charge in [-0.2, -0.15) is 4.72 Å². The minimum absolute atomic E-state index is 0.214. The Hall–Kier alpha value is -1.51. The van der Waals surface area contributed by atoms with Crippen molar-refractivity contribution in [2.75, 3.05) is 13.2 Å². The van der Waals surface area contributed by atoms with Gasteiger partial charge in [0.25, 0.3) is 0 Å². The molecule has 2 N–H and O–H groups in total. The summed E-state index contributed by atoms with van der Waals surface area (Å²) in [5.41, 5.74) is 0. The van der Waals surface area contributed by atoms with Crippen molar-refractivity contribution in [3.63, 3.8) is 0 Å². The Morgan fingerprint density at radius 1 is 1.25 bits per heavy atom. The first-order chi connectivity index (χ1) is 13.2. The Morgan fingerprint density at radius 2 is 1.93 bits per heavy atom. The summed E-state index contributed by atoms with van der Waals surface area (Å²) < 4.78 is 47.0. The van der Waals surface area contributed by atoms with E-state index in [9.17, 15) is 17.6 Å². The molecule has 2 rings (SSSR count). The van der Waals surface area contributed by atoms with Gasteiger partial charge in [0.05, 0.1) is 12.7 Å². The highest BCUT2D eigenvalue weighted by Crippen LogP contribution is 2.26. The number of halogens is 1. The van der Waals surface area contributed by atoms with Crippen molar-refractivity contribution < 1.29 is 22.3 Å². The van der Waals surface area contributed by atoms with Crippen LogP contribution < -0.4 is 10.0 Å². The first-order valence-corrected chi connectivity index (χ1v) is 11.4. The highest BCUT2D eigenvalue weighted by Gasteiger charge is 2.29. The fourth-order valence-electron chi connectivity index (χ4n) is 3.41. The average Bonchev–Trinajstić information content (AvgIpc) is 2.64. The molecule has 28 heavy (non-hydrogen) atoms. The second kappa shape index (κ2) is 10.3. The third kappa shape index (κ3) is 6.25. The van der Waals surface area contributed by atoms with Crippen LogP contribution in [-0.4, -0.2) is 39.6 Å². The van der Waals surface area contributed by atoms with Gasteiger partial charge in [0.1, 0.15) is 16.8 Å². The van der Waals surface area contributed by atoms with E-state index in [1.165, 1.54) is 24.6 Å². The molecule has 0 saturated heterocycles. The van der Waals surface area contributed by atoms with Gasteiger partial charge in [0.15, 0.2) is 0 Å². The summed E-state index contributed by atoms with van der Waals surface area (Å²) in [7, 11) is -4.15. The van der Waals surface area contributed by atoms with Crippen molar-refractivity contribution in [3.8, 4) is 0 Å². The number of carbonyl (C=O) groups excluding carboxylic acids is 1. The fourth-order valence-corrected chi connectivity index (χ4v) is 4.83. The van der Waals surface area contributed by atoms with Crippen molar-refractivity contribution in [1.29, 1.82) is 0 Å². The third-order valence-electron chi connectivity index (χ3n) is 5.12. The fraction of sp³-hybridized carbons (Fsp3) is 0.650. The van der Waals surface area contributed by atoms with Gasteiger partial charge in [-0.05, 0) is 36.8 Å². The molecule has 0 bridgehead atoms. The third-order valence-corrected chi connectivity index (χ3v) is 6.60. The summed E-state index contributed by atoms with van der Waals surface area (Å²) in [5, 5.41) is 2.72. The van der Waals surface area contributed by atoms with E-state index in [4.69, 9.17) is 4.74 Å². The molecule has 0 aromatic heterocycles. The highest BCUT2D eigenvalue weighted by atomic mass is 32.2. The number of benzene rings is 1. The zero-order valence-corrected chi connectivity index (χ0v) is 17.6. The molecule has 0 spiro atoms. The zero-order valence-electron chi connectivity index (χ0n) is 16.8. The monoisotopic (exact) mass is 414 g/mol. The van der Waals surface area contributed by atoms with Crippen LogP contribution >= 0.6 is 0 Å². The molecule has 8 heteroatoms. The summed E-state index contributed by atoms with van der Waals surface area (Å²) in [5.74, 6) is -1.09. The van der Waals surface area contributed by atoms with Gasteiger partial charge in [-0.15, -0.1) is 0 Å². The van der Waals surface area contributed by atoms with Crippen LogP contribution in [0.4, 0.5) is 4.39 Å². The molecule has 1 saturated carbocycles. The van der Waals surface area contributed by atoms with Crippen molar-refractivity contribution in [3.05, 3.63) is 30.1 Å². The lowest BCUT2D eigenvalue weighted by Gasteiger charge is -2.29. The minimum atomic E-state index is -4.15. The quantitative estimate of drug-likeness (QED) is 0.609. The van der Waals surface area contributed by atoms with Crippen LogP contribution in [0.5, 0.6) is 0 Å². The molecule has 1 aliphatic rings. The van der Waals surface area contributed by atoms with Crippen LogP contribution in [0.1, 0.15) is 46.5 Å². The van der Waals surface area contributed by atoms with Gasteiger partial charge in [-0.3, -0.25) is 4.79 Å². The van der Waals surface area contributed by atoms with Crippen LogP contribution in [0.2, 0.25) is 0 Å². The number of carbonyl (C=O) groups is 1. The van der Waals surface area contributed by atoms with Crippen LogP contribution in [0, 0.1) is 17.7 Å². The number of sulfonamides is 1. The second-order valence-corrected chi connectivity index (χ2v) is 9.42. The van der Waals surface area contributed by atoms with Crippen LogP contribution in [0.3, 0.4) is 0 Å². The first-order valence-electron chi connectivity index (χ1n) is 9.88. The highest BCUT2D eigenvalue weighted by molar-refractivity contribution is 7.89. The number of amides is 1. The Bertz CT molecular complexity index is 754. The van der Waals surface area contributed by atoms with E-state index >= 15 is 0 Å². The molecule has 1 amide bonds. The molecule has 1 aromatic rings. The molecule has 3 atom stereocenters. The standard InChI is InChI=1S/C20H31FN2O4S/c1-14(2)19(23-28(25,26)18-11-7-5-9-16(18)21)20(24)22-12-13-27-17-10-6-4-8-15(17)3/h5,7,9,11,14-15,17,19,23H,4,6,8,10,12-13H2,1-3H3,(H,22,24)/t15?,17?,19-/m0/s1. The molecule has 6 nitrogen and oxygen atoms in total. The zero-order chi connectivity index (χ0) is 20.7. The molecule has 0 radical (unpaired) electrons. The van der Waals surface area contributed by atoms with Crippen molar-refractivity contribution in [1.82, 2.24) is 10.0 Å². The maximum absolute atomic E-state index is 13.9. The van der Waals surface area contributed by atoms with E-state index in [0.717, 1.165) is 25.3 Å². The molecule has 0 heterocycles. The lowest BCUT2D eigenvalue weighted by Crippen LogP contribution is -2.50. The Morgan fingerprint density at radius 3 is 2.57 bits per heavy atom. The van der Waals surface area contributed by atoms with Crippen LogP contribution in [-0.2, 0) is 19.6 Å². The van der Waals surface area contributed by atoms with Crippen LogP contribution in [0.15, 0.2) is 29.2 Å². The summed E-state index contributed by atoms with van der Waals surface area (Å²) in [6, 6.07) is 4.09. The first kappa shape index (κ1) is 22.8. The van der Waals surface area contributed by atoms with E-state index in [2.05, 4.69) is 17.0 Å². The SMILES string of the molecule is CC1CCCCC1OCCNC(=O)[C@@H](NS(=O)(=O)c1ccccc1F)C(C)C. The van der Waals surface area contributed by atoms with Gasteiger partial charge in [-0.1, -0.05) is 45.7 Å². The van der Waals surface area contributed by atoms with E-state index in [1.54, 1.807) is 13.8 Å². The van der Waals surface area contributed by atoms with E-state index < -0.39 is 32.7 Å². The van der Waals surface area contributed by atoms with E-state index in [1.807, 2.05) is 0 Å². The maximum atomic E-state index is 13.9. The van der Waals surface area contributed by atoms with Gasteiger partial charge in [0.2, 0.25) is 15.9 Å². The molecule has 158 valence electrons. The molecule has 1 aliphatic carbocycles. The molecule has 1 aromatic carbocycles. The van der Waals surface area contributed by atoms with Crippen LogP contribution in [0.25, 0.3) is 0 Å². The smallest absolute Gasteiger partial charge is 0.244 e. The number of hydrogen-bond donors (Lipinski definition) is 2. The van der Waals surface area contributed by atoms with Gasteiger partial charge >= 0.3 is 0 Å². The second-order valence-electron chi connectivity index (χ2n) is 7.74. The maximum Gasteiger partial charge on any atom is 0.244 e. The Kier molecular flexibility index (Phi) is 8.39. The number of rotatable bonds is 9. The van der Waals surface area contributed by atoms with Gasteiger partial charge < -0.3 is 10.1 Å². The van der Waals surface area contributed by atoms with Crippen molar-refractivity contribution in [2.45, 2.75) is 63.5 Å². The number of nitrogens with one attached hydrogen (secondary N) is 2. The summed E-state index contributed by atoms with van der Waals surface area (Å²) in [6.45, 7) is 6.32. The molecule has 0 aliphatic heterocycles. The van der Waals surface area contributed by atoms with Crippen molar-refractivity contribution in [2.24, 2.45) is 11.8 Å².